The molecule has 0 unspecified atom stereocenters. The molecule has 0 radical (unpaired) electrons. The maximum absolute atomic E-state index is 13.6. The highest BCUT2D eigenvalue weighted by Crippen LogP contribution is 2.28. The number of rotatable bonds is 12. The van der Waals surface area contributed by atoms with Gasteiger partial charge in [0.15, 0.2) is 36.4 Å². The summed E-state index contributed by atoms with van der Waals surface area (Å²) in [6.07, 6.45) is -6.07. The van der Waals surface area contributed by atoms with Crippen LogP contribution in [-0.2, 0) is 9.59 Å². The molecule has 8 nitrogen and oxygen atoms in total. The van der Waals surface area contributed by atoms with Crippen molar-refractivity contribution in [3.63, 3.8) is 0 Å². The monoisotopic (exact) mass is 510 g/mol. The molecule has 0 heterocycles. The summed E-state index contributed by atoms with van der Waals surface area (Å²) in [7, 11) is 0. The van der Waals surface area contributed by atoms with E-state index in [1.807, 2.05) is 0 Å². The van der Waals surface area contributed by atoms with Crippen LogP contribution in [0.25, 0.3) is 0 Å². The Hall–Kier alpha value is -3.68. The third kappa shape index (κ3) is 10.4. The summed E-state index contributed by atoms with van der Waals surface area (Å²) >= 11 is 0. The first-order valence-electron chi connectivity index (χ1n) is 9.90. The summed E-state index contributed by atoms with van der Waals surface area (Å²) in [6.45, 7) is -1.28. The third-order valence-corrected chi connectivity index (χ3v) is 4.09. The van der Waals surface area contributed by atoms with Gasteiger partial charge in [-0.2, -0.15) is 0 Å². The van der Waals surface area contributed by atoms with Gasteiger partial charge in [0, 0.05) is 25.2 Å². The molecule has 0 aliphatic rings. The van der Waals surface area contributed by atoms with Crippen molar-refractivity contribution in [3.05, 3.63) is 53.8 Å². The highest BCUT2D eigenvalue weighted by Gasteiger charge is 2.32. The summed E-state index contributed by atoms with van der Waals surface area (Å²) in [5, 5.41) is 14.6. The maximum atomic E-state index is 13.6. The van der Waals surface area contributed by atoms with E-state index in [2.05, 4.69) is 15.4 Å². The highest BCUT2D eigenvalue weighted by molar-refractivity contribution is 5.78. The number of nitrogens with one attached hydrogen (secondary N) is 2. The zero-order chi connectivity index (χ0) is 26.0. The molecule has 0 aromatic heterocycles. The number of benzene rings is 2. The Balaban J connectivity index is 1.61. The van der Waals surface area contributed by atoms with E-state index in [0.717, 1.165) is 24.3 Å². The van der Waals surface area contributed by atoms with Crippen LogP contribution >= 0.6 is 0 Å². The fourth-order valence-electron chi connectivity index (χ4n) is 2.46. The lowest BCUT2D eigenvalue weighted by Gasteiger charge is -2.13. The van der Waals surface area contributed by atoms with Gasteiger partial charge in [0.1, 0.15) is 11.5 Å². The molecule has 0 aliphatic carbocycles. The van der Waals surface area contributed by atoms with Crippen molar-refractivity contribution in [2.24, 2.45) is 0 Å². The quantitative estimate of drug-likeness (QED) is 0.379. The zero-order valence-electron chi connectivity index (χ0n) is 17.8. The minimum Gasteiger partial charge on any atom is -0.484 e. The van der Waals surface area contributed by atoms with Gasteiger partial charge in [0.25, 0.3) is 11.8 Å². The lowest BCUT2D eigenvalue weighted by atomic mass is 10.2. The molecular formula is C21H20F6N2O6. The Labute approximate surface area is 194 Å². The zero-order valence-corrected chi connectivity index (χ0v) is 17.8. The number of hydrogen-bond donors (Lipinski definition) is 3. The topological polar surface area (TPSA) is 106 Å². The van der Waals surface area contributed by atoms with Crippen molar-refractivity contribution >= 4 is 11.8 Å². The highest BCUT2D eigenvalue weighted by atomic mass is 19.4. The largest absolute Gasteiger partial charge is 0.573 e. The second-order valence-corrected chi connectivity index (χ2v) is 6.89. The van der Waals surface area contributed by atoms with Gasteiger partial charge in [-0.15, -0.1) is 13.2 Å². The lowest BCUT2D eigenvalue weighted by molar-refractivity contribution is -0.275. The summed E-state index contributed by atoms with van der Waals surface area (Å²) in [4.78, 5) is 23.4. The normalized spacial score (nSPS) is 12.0. The molecule has 0 saturated carbocycles. The second kappa shape index (κ2) is 12.7. The predicted octanol–water partition coefficient (Wildman–Crippen LogP) is 2.44. The van der Waals surface area contributed by atoms with Crippen LogP contribution in [0.4, 0.5) is 26.3 Å². The van der Waals surface area contributed by atoms with E-state index in [0.29, 0.717) is 12.1 Å². The van der Waals surface area contributed by atoms with Crippen molar-refractivity contribution in [2.45, 2.75) is 18.9 Å². The Morgan fingerprint density at radius 3 is 2.00 bits per heavy atom. The Bertz CT molecular complexity index is 1020. The first-order valence-corrected chi connectivity index (χ1v) is 9.90. The molecule has 0 aliphatic heterocycles. The SMILES string of the molecule is O=C(COc1ccc(OC(F)(F)F)c(F)c1)NCC[C@H](O)CNC(=O)COc1ccc(F)c(F)c1. The van der Waals surface area contributed by atoms with E-state index in [4.69, 9.17) is 9.47 Å². The van der Waals surface area contributed by atoms with Crippen LogP contribution in [0.15, 0.2) is 36.4 Å². The van der Waals surface area contributed by atoms with Gasteiger partial charge in [-0.3, -0.25) is 9.59 Å². The molecule has 0 spiro atoms. The third-order valence-electron chi connectivity index (χ3n) is 4.09. The molecule has 0 fully saturated rings. The molecule has 3 N–H and O–H groups in total. The van der Waals surface area contributed by atoms with Crippen molar-refractivity contribution in [1.82, 2.24) is 10.6 Å². The van der Waals surface area contributed by atoms with Gasteiger partial charge >= 0.3 is 6.36 Å². The molecular weight excluding hydrogens is 490 g/mol. The maximum Gasteiger partial charge on any atom is 0.573 e. The van der Waals surface area contributed by atoms with Crippen LogP contribution in [0.5, 0.6) is 17.2 Å². The fourth-order valence-corrected chi connectivity index (χ4v) is 2.46. The van der Waals surface area contributed by atoms with E-state index in [-0.39, 0.29) is 31.0 Å². The molecule has 14 heteroatoms. The van der Waals surface area contributed by atoms with E-state index >= 15 is 0 Å². The number of hydrogen-bond acceptors (Lipinski definition) is 6. The molecule has 2 aromatic rings. The van der Waals surface area contributed by atoms with Crippen LogP contribution in [0, 0.1) is 17.5 Å². The van der Waals surface area contributed by atoms with Gasteiger partial charge in [0.05, 0.1) is 6.10 Å². The van der Waals surface area contributed by atoms with Crippen molar-refractivity contribution in [3.8, 4) is 17.2 Å². The first-order chi connectivity index (χ1) is 16.4. The number of carbonyl (C=O) groups excluding carboxylic acids is 2. The number of aliphatic hydroxyl groups is 1. The minimum absolute atomic E-state index is 0.0166. The predicted molar refractivity (Wildman–Crippen MR) is 107 cm³/mol. The van der Waals surface area contributed by atoms with Gasteiger partial charge < -0.3 is 30.0 Å². The number of halogens is 6. The van der Waals surface area contributed by atoms with Gasteiger partial charge in [0.2, 0.25) is 0 Å². The minimum atomic E-state index is -5.06. The van der Waals surface area contributed by atoms with Crippen LogP contribution in [0.1, 0.15) is 6.42 Å². The summed E-state index contributed by atoms with van der Waals surface area (Å²) in [5.74, 6) is -6.13. The standard InChI is InChI=1S/C21H20F6N2O6/c22-15-3-1-13(7-16(15)23)34-11-20(32)29-9-12(30)5-6-28-19(31)10-33-14-2-4-18(17(24)8-14)35-21(25,26)27/h1-4,7-8,12,30H,5-6,9-11H2,(H,28,31)(H,29,32)/t12-/m0/s1. The van der Waals surface area contributed by atoms with Gasteiger partial charge in [-0.05, 0) is 30.7 Å². The number of aliphatic hydroxyl groups excluding tert-OH is 1. The summed E-state index contributed by atoms with van der Waals surface area (Å²) in [5.41, 5.74) is 0. The van der Waals surface area contributed by atoms with Crippen LogP contribution in [0.3, 0.4) is 0 Å². The molecule has 2 amide bonds. The number of alkyl halides is 3. The van der Waals surface area contributed by atoms with E-state index in [1.165, 1.54) is 0 Å². The molecule has 2 aromatic carbocycles. The molecule has 0 saturated heterocycles. The summed E-state index contributed by atoms with van der Waals surface area (Å²) < 4.78 is 89.3. The summed E-state index contributed by atoms with van der Waals surface area (Å²) in [6, 6.07) is 5.06. The molecule has 2 rings (SSSR count). The molecule has 35 heavy (non-hydrogen) atoms. The van der Waals surface area contributed by atoms with E-state index in [1.54, 1.807) is 0 Å². The average Bonchev–Trinajstić information content (AvgIpc) is 2.78. The lowest BCUT2D eigenvalue weighted by Crippen LogP contribution is -2.37. The van der Waals surface area contributed by atoms with Crippen molar-refractivity contribution in [1.29, 1.82) is 0 Å². The van der Waals surface area contributed by atoms with Crippen LogP contribution < -0.4 is 24.8 Å². The Morgan fingerprint density at radius 2 is 1.43 bits per heavy atom. The molecule has 192 valence electrons. The molecule has 0 bridgehead atoms. The second-order valence-electron chi connectivity index (χ2n) is 6.89. The number of ether oxygens (including phenoxy) is 3. The number of carbonyl (C=O) groups is 2. The number of amides is 2. The molecule has 1 atom stereocenters. The first kappa shape index (κ1) is 27.6. The average molecular weight is 510 g/mol. The van der Waals surface area contributed by atoms with E-state index < -0.39 is 60.7 Å². The van der Waals surface area contributed by atoms with E-state index in [9.17, 15) is 41.0 Å². The Kier molecular flexibility index (Phi) is 9.99. The van der Waals surface area contributed by atoms with Crippen LogP contribution in [0.2, 0.25) is 0 Å². The van der Waals surface area contributed by atoms with Crippen molar-refractivity contribution in [2.75, 3.05) is 26.3 Å². The van der Waals surface area contributed by atoms with Crippen molar-refractivity contribution < 1.29 is 55.2 Å². The fraction of sp³-hybridized carbons (Fsp3) is 0.333. The van der Waals surface area contributed by atoms with Gasteiger partial charge in [-0.25, -0.2) is 13.2 Å². The van der Waals surface area contributed by atoms with Gasteiger partial charge in [-0.1, -0.05) is 0 Å². The van der Waals surface area contributed by atoms with Crippen LogP contribution in [-0.4, -0.2) is 55.7 Å². The smallest absolute Gasteiger partial charge is 0.484 e. The Morgan fingerprint density at radius 1 is 0.857 bits per heavy atom.